The number of ether oxygens (including phenoxy) is 4. The molecule has 0 saturated carbocycles. The van der Waals surface area contributed by atoms with Crippen LogP contribution in [0.25, 0.3) is 0 Å². The molecule has 78 valence electrons. The third-order valence-electron chi connectivity index (χ3n) is 1.31. The third kappa shape index (κ3) is 10.4. The molecule has 0 amide bonds. The minimum atomic E-state index is 0. The third-order valence-corrected chi connectivity index (χ3v) is 1.31. The van der Waals surface area contributed by atoms with Crippen LogP contribution in [0.5, 0.6) is 0 Å². The molecule has 1 rings (SSSR count). The van der Waals surface area contributed by atoms with Crippen molar-refractivity contribution in [2.45, 2.75) is 0 Å². The van der Waals surface area contributed by atoms with E-state index in [1.165, 1.54) is 12.5 Å². The zero-order valence-electron chi connectivity index (χ0n) is 8.41. The molecule has 4 nitrogen and oxygen atoms in total. The second-order valence-corrected chi connectivity index (χ2v) is 2.24. The molecule has 14 heavy (non-hydrogen) atoms. The molecular formula is C8H14BrLiO4. The van der Waals surface area contributed by atoms with Gasteiger partial charge in [0.05, 0.1) is 26.4 Å². The fraction of sp³-hybridized carbons (Fsp3) is 0.750. The zero-order chi connectivity index (χ0) is 8.49. The van der Waals surface area contributed by atoms with Gasteiger partial charge in [0.25, 0.3) is 0 Å². The summed E-state index contributed by atoms with van der Waals surface area (Å²) in [6.07, 6.45) is 3.04. The molecule has 0 aromatic heterocycles. The molecule has 6 heteroatoms. The van der Waals surface area contributed by atoms with Crippen molar-refractivity contribution in [3.8, 4) is 0 Å². The Bertz CT molecular complexity index is 121. The van der Waals surface area contributed by atoms with Gasteiger partial charge < -0.3 is 35.9 Å². The summed E-state index contributed by atoms with van der Waals surface area (Å²) in [4.78, 5) is 0. The van der Waals surface area contributed by atoms with Crippen molar-refractivity contribution in [3.05, 3.63) is 12.5 Å². The molecule has 0 fully saturated rings. The Kier molecular flexibility index (Phi) is 16.0. The van der Waals surface area contributed by atoms with Crippen LogP contribution in [0.1, 0.15) is 0 Å². The van der Waals surface area contributed by atoms with Gasteiger partial charge in [-0.2, -0.15) is 0 Å². The first-order valence-corrected chi connectivity index (χ1v) is 4.04. The van der Waals surface area contributed by atoms with Gasteiger partial charge in [0.15, 0.2) is 0 Å². The molecular weight excluding hydrogens is 247 g/mol. The molecule has 0 saturated heterocycles. The largest absolute Gasteiger partial charge is 1.00 e. The van der Waals surface area contributed by atoms with E-state index in [1.54, 1.807) is 0 Å². The molecule has 1 aliphatic heterocycles. The average Bonchev–Trinajstić information content (AvgIpc) is 2.05. The van der Waals surface area contributed by atoms with Crippen molar-refractivity contribution in [1.82, 2.24) is 0 Å². The summed E-state index contributed by atoms with van der Waals surface area (Å²) >= 11 is 0. The van der Waals surface area contributed by atoms with Gasteiger partial charge in [0, 0.05) is 0 Å². The number of hydrogen-bond donors (Lipinski definition) is 0. The van der Waals surface area contributed by atoms with E-state index in [2.05, 4.69) is 0 Å². The standard InChI is InChI=1S/C8H14O4.BrH.Li/c1-2-10-5-6-12-8-7-11-4-3-9-1;;/h1-2H,3-8H2;1H;/q;;+1/p-1/b2-1-;;. The van der Waals surface area contributed by atoms with Crippen molar-refractivity contribution in [3.63, 3.8) is 0 Å². The van der Waals surface area contributed by atoms with Crippen LogP contribution < -0.4 is 35.8 Å². The van der Waals surface area contributed by atoms with Crippen molar-refractivity contribution in [2.75, 3.05) is 39.6 Å². The predicted octanol–water partition coefficient (Wildman–Crippen LogP) is -5.45. The molecule has 0 N–H and O–H groups in total. The quantitative estimate of drug-likeness (QED) is 0.408. The van der Waals surface area contributed by atoms with Gasteiger partial charge in [-0.05, 0) is 0 Å². The van der Waals surface area contributed by atoms with E-state index in [4.69, 9.17) is 18.9 Å². The monoisotopic (exact) mass is 260 g/mol. The predicted molar refractivity (Wildman–Crippen MR) is 42.7 cm³/mol. The Labute approximate surface area is 107 Å². The molecule has 1 aliphatic rings. The SMILES string of the molecule is C1=C\OCCOCCOCCO/1.[Br-].[Li+]. The minimum absolute atomic E-state index is 0. The molecule has 0 bridgehead atoms. The second-order valence-electron chi connectivity index (χ2n) is 2.24. The van der Waals surface area contributed by atoms with E-state index in [-0.39, 0.29) is 35.8 Å². The van der Waals surface area contributed by atoms with E-state index < -0.39 is 0 Å². The average molecular weight is 261 g/mol. The number of halogens is 1. The van der Waals surface area contributed by atoms with E-state index in [1.807, 2.05) is 0 Å². The van der Waals surface area contributed by atoms with Crippen LogP contribution in [0.4, 0.5) is 0 Å². The molecule has 0 radical (unpaired) electrons. The smallest absolute Gasteiger partial charge is 1.00 e. The first-order chi connectivity index (χ1) is 6.00. The van der Waals surface area contributed by atoms with Gasteiger partial charge in [-0.25, -0.2) is 0 Å². The maximum absolute atomic E-state index is 5.18. The summed E-state index contributed by atoms with van der Waals surface area (Å²) in [5, 5.41) is 0. The van der Waals surface area contributed by atoms with E-state index in [9.17, 15) is 0 Å². The summed E-state index contributed by atoms with van der Waals surface area (Å²) < 4.78 is 20.4. The Morgan fingerprint density at radius 3 is 1.43 bits per heavy atom. The van der Waals surface area contributed by atoms with Gasteiger partial charge in [-0.3, -0.25) is 0 Å². The summed E-state index contributed by atoms with van der Waals surface area (Å²) in [5.41, 5.74) is 0. The maximum Gasteiger partial charge on any atom is 1.00 e. The van der Waals surface area contributed by atoms with Crippen molar-refractivity contribution in [2.24, 2.45) is 0 Å². The number of rotatable bonds is 0. The van der Waals surface area contributed by atoms with E-state index in [0.29, 0.717) is 39.6 Å². The molecule has 1 heterocycles. The van der Waals surface area contributed by atoms with Crippen LogP contribution >= 0.6 is 0 Å². The van der Waals surface area contributed by atoms with Gasteiger partial charge >= 0.3 is 18.9 Å². The molecule has 0 spiro atoms. The van der Waals surface area contributed by atoms with Crippen LogP contribution in [-0.2, 0) is 18.9 Å². The normalized spacial score (nSPS) is 20.6. The summed E-state index contributed by atoms with van der Waals surface area (Å²) in [7, 11) is 0. The van der Waals surface area contributed by atoms with Crippen LogP contribution in [0.15, 0.2) is 12.5 Å². The topological polar surface area (TPSA) is 36.9 Å². The summed E-state index contributed by atoms with van der Waals surface area (Å²) in [6.45, 7) is 3.53. The first-order valence-electron chi connectivity index (χ1n) is 4.04. The van der Waals surface area contributed by atoms with Gasteiger partial charge in [-0.15, -0.1) is 0 Å². The van der Waals surface area contributed by atoms with Gasteiger partial charge in [0.2, 0.25) is 0 Å². The molecule has 0 unspecified atom stereocenters. The van der Waals surface area contributed by atoms with E-state index in [0.717, 1.165) is 0 Å². The molecule has 0 atom stereocenters. The van der Waals surface area contributed by atoms with Crippen LogP contribution in [-0.4, -0.2) is 39.6 Å². The molecule has 0 aromatic rings. The fourth-order valence-corrected chi connectivity index (χ4v) is 0.751. The van der Waals surface area contributed by atoms with Crippen molar-refractivity contribution < 1.29 is 54.8 Å². The van der Waals surface area contributed by atoms with Crippen LogP contribution in [0.3, 0.4) is 0 Å². The Balaban J connectivity index is 0. The second kappa shape index (κ2) is 13.3. The van der Waals surface area contributed by atoms with Crippen LogP contribution in [0.2, 0.25) is 0 Å². The Morgan fingerprint density at radius 2 is 1.00 bits per heavy atom. The maximum atomic E-state index is 5.18. The summed E-state index contributed by atoms with van der Waals surface area (Å²) in [6, 6.07) is 0. The van der Waals surface area contributed by atoms with Crippen molar-refractivity contribution in [1.29, 1.82) is 0 Å². The van der Waals surface area contributed by atoms with Gasteiger partial charge in [0.1, 0.15) is 25.7 Å². The first kappa shape index (κ1) is 16.8. The van der Waals surface area contributed by atoms with Crippen molar-refractivity contribution >= 4 is 0 Å². The fourth-order valence-electron chi connectivity index (χ4n) is 0.751. The zero-order valence-corrected chi connectivity index (χ0v) is 9.99. The van der Waals surface area contributed by atoms with E-state index >= 15 is 0 Å². The minimum Gasteiger partial charge on any atom is -1.00 e. The number of hydrogen-bond acceptors (Lipinski definition) is 4. The summed E-state index contributed by atoms with van der Waals surface area (Å²) in [5.74, 6) is 0. The Hall–Kier alpha value is 0.337. The molecule has 0 aliphatic carbocycles. The Morgan fingerprint density at radius 1 is 0.643 bits per heavy atom. The van der Waals surface area contributed by atoms with Gasteiger partial charge in [-0.1, -0.05) is 0 Å². The molecule has 0 aromatic carbocycles. The van der Waals surface area contributed by atoms with Crippen LogP contribution in [0, 0.1) is 0 Å².